The Morgan fingerprint density at radius 2 is 1.95 bits per heavy atom. The van der Waals surface area contributed by atoms with E-state index < -0.39 is 29.8 Å². The second kappa shape index (κ2) is 7.42. The Morgan fingerprint density at radius 1 is 1.32 bits per heavy atom. The average Bonchev–Trinajstić information content (AvgIpc) is 2.36. The number of imide groups is 1. The lowest BCUT2D eigenvalue weighted by Gasteiger charge is -2.10. The van der Waals surface area contributed by atoms with Gasteiger partial charge in [0.2, 0.25) is 0 Å². The van der Waals surface area contributed by atoms with Crippen molar-refractivity contribution in [2.24, 2.45) is 5.73 Å². The molecule has 0 radical (unpaired) electrons. The van der Waals surface area contributed by atoms with Gasteiger partial charge in [0.15, 0.2) is 6.61 Å². The van der Waals surface area contributed by atoms with Crippen LogP contribution in [-0.4, -0.2) is 29.8 Å². The number of urea groups is 1. The molecule has 3 N–H and O–H groups in total. The van der Waals surface area contributed by atoms with E-state index in [0.717, 1.165) is 4.90 Å². The molecule has 1 atom stereocenters. The van der Waals surface area contributed by atoms with Gasteiger partial charge in [-0.1, -0.05) is 18.2 Å². The first-order valence-corrected chi connectivity index (χ1v) is 6.34. The molecule has 0 saturated carbocycles. The van der Waals surface area contributed by atoms with Crippen molar-refractivity contribution in [1.82, 2.24) is 5.32 Å². The van der Waals surface area contributed by atoms with Crippen LogP contribution in [0.1, 0.15) is 6.92 Å². The van der Waals surface area contributed by atoms with Crippen molar-refractivity contribution in [3.05, 3.63) is 30.3 Å². The first-order chi connectivity index (χ1) is 8.99. The van der Waals surface area contributed by atoms with E-state index in [4.69, 9.17) is 10.5 Å². The summed E-state index contributed by atoms with van der Waals surface area (Å²) in [7, 11) is 0. The first kappa shape index (κ1) is 15.0. The number of hydrogen-bond acceptors (Lipinski definition) is 5. The van der Waals surface area contributed by atoms with Crippen molar-refractivity contribution in [2.75, 3.05) is 6.61 Å². The van der Waals surface area contributed by atoms with E-state index >= 15 is 0 Å². The maximum atomic E-state index is 11.6. The molecule has 0 aliphatic carbocycles. The Kier molecular flexibility index (Phi) is 5.87. The van der Waals surface area contributed by atoms with Gasteiger partial charge >= 0.3 is 12.0 Å². The molecule has 0 aliphatic heterocycles. The van der Waals surface area contributed by atoms with E-state index in [2.05, 4.69) is 0 Å². The quantitative estimate of drug-likeness (QED) is 0.617. The molecule has 0 fully saturated rings. The van der Waals surface area contributed by atoms with Crippen molar-refractivity contribution in [2.45, 2.75) is 17.1 Å². The predicted molar refractivity (Wildman–Crippen MR) is 70.4 cm³/mol. The molecule has 0 spiro atoms. The number of esters is 1. The molecule has 102 valence electrons. The van der Waals surface area contributed by atoms with Crippen LogP contribution >= 0.6 is 11.8 Å². The number of rotatable bonds is 5. The number of carbonyl (C=O) groups excluding carboxylic acids is 3. The molecule has 0 saturated heterocycles. The highest BCUT2D eigenvalue weighted by Gasteiger charge is 2.17. The summed E-state index contributed by atoms with van der Waals surface area (Å²) in [6.07, 6.45) is 0. The molecule has 1 aromatic carbocycles. The number of hydrogen-bond donors (Lipinski definition) is 2. The Bertz CT molecular complexity index is 464. The normalized spacial score (nSPS) is 11.4. The number of primary amides is 1. The molecule has 0 aromatic heterocycles. The molecule has 7 heteroatoms. The maximum absolute atomic E-state index is 11.6. The third kappa shape index (κ3) is 5.91. The number of carbonyl (C=O) groups is 3. The molecule has 6 nitrogen and oxygen atoms in total. The lowest BCUT2D eigenvalue weighted by Crippen LogP contribution is -2.38. The Morgan fingerprint density at radius 3 is 2.53 bits per heavy atom. The van der Waals surface area contributed by atoms with Gasteiger partial charge in [0.1, 0.15) is 5.25 Å². The summed E-state index contributed by atoms with van der Waals surface area (Å²) in [6.45, 7) is 1.15. The van der Waals surface area contributed by atoms with Gasteiger partial charge in [0.25, 0.3) is 5.91 Å². The lowest BCUT2D eigenvalue weighted by molar-refractivity contribution is -0.147. The minimum atomic E-state index is -0.979. The molecule has 1 rings (SSSR count). The Hall–Kier alpha value is -2.02. The fourth-order valence-corrected chi connectivity index (χ4v) is 2.07. The molecule has 0 heterocycles. The van der Waals surface area contributed by atoms with Crippen LogP contribution in [0.2, 0.25) is 0 Å². The number of ether oxygens (including phenoxy) is 1. The van der Waals surface area contributed by atoms with Gasteiger partial charge in [-0.15, -0.1) is 11.8 Å². The third-order valence-electron chi connectivity index (χ3n) is 2.00. The largest absolute Gasteiger partial charge is 0.455 e. The average molecular weight is 282 g/mol. The minimum absolute atomic E-state index is 0.455. The summed E-state index contributed by atoms with van der Waals surface area (Å²) in [5.74, 6) is -1.29. The van der Waals surface area contributed by atoms with Gasteiger partial charge in [-0.2, -0.15) is 0 Å². The van der Waals surface area contributed by atoms with E-state index in [0.29, 0.717) is 0 Å². The topological polar surface area (TPSA) is 98.5 Å². The zero-order valence-corrected chi connectivity index (χ0v) is 11.1. The van der Waals surface area contributed by atoms with Crippen LogP contribution in [-0.2, 0) is 14.3 Å². The maximum Gasteiger partial charge on any atom is 0.319 e. The first-order valence-electron chi connectivity index (χ1n) is 5.46. The van der Waals surface area contributed by atoms with Gasteiger partial charge in [-0.05, 0) is 19.1 Å². The second-order valence-corrected chi connectivity index (χ2v) is 5.01. The van der Waals surface area contributed by atoms with E-state index in [9.17, 15) is 14.4 Å². The monoisotopic (exact) mass is 282 g/mol. The van der Waals surface area contributed by atoms with Crippen LogP contribution < -0.4 is 11.1 Å². The van der Waals surface area contributed by atoms with Gasteiger partial charge in [-0.25, -0.2) is 4.79 Å². The van der Waals surface area contributed by atoms with Crippen LogP contribution in [0, 0.1) is 0 Å². The lowest BCUT2D eigenvalue weighted by atomic mass is 10.4. The number of benzene rings is 1. The smallest absolute Gasteiger partial charge is 0.319 e. The Labute approximate surface area is 114 Å². The number of nitrogens with one attached hydrogen (secondary N) is 1. The number of nitrogens with two attached hydrogens (primary N) is 1. The molecule has 19 heavy (non-hydrogen) atoms. The van der Waals surface area contributed by atoms with Gasteiger partial charge in [0.05, 0.1) is 0 Å². The van der Waals surface area contributed by atoms with E-state index in [1.54, 1.807) is 12.2 Å². The zero-order valence-electron chi connectivity index (χ0n) is 10.3. The summed E-state index contributed by atoms with van der Waals surface area (Å²) in [5.41, 5.74) is 4.75. The molecule has 0 bridgehead atoms. The van der Waals surface area contributed by atoms with Crippen molar-refractivity contribution in [1.29, 1.82) is 0 Å². The zero-order chi connectivity index (χ0) is 14.3. The highest BCUT2D eigenvalue weighted by atomic mass is 32.2. The second-order valence-electron chi connectivity index (χ2n) is 3.59. The summed E-state index contributed by atoms with van der Waals surface area (Å²) in [4.78, 5) is 33.9. The SMILES string of the molecule is C[C@@H](Sc1ccccc1)C(=O)OCC(=O)NC(N)=O. The van der Waals surface area contributed by atoms with Crippen LogP contribution in [0.4, 0.5) is 4.79 Å². The van der Waals surface area contributed by atoms with Crippen LogP contribution in [0.3, 0.4) is 0 Å². The van der Waals surface area contributed by atoms with Crippen LogP contribution in [0.5, 0.6) is 0 Å². The highest BCUT2D eigenvalue weighted by Crippen LogP contribution is 2.23. The third-order valence-corrected chi connectivity index (χ3v) is 3.09. The van der Waals surface area contributed by atoms with Crippen molar-refractivity contribution in [3.63, 3.8) is 0 Å². The Balaban J connectivity index is 2.37. The van der Waals surface area contributed by atoms with Crippen LogP contribution in [0.25, 0.3) is 0 Å². The molecular formula is C12H14N2O4S. The van der Waals surface area contributed by atoms with Crippen molar-refractivity contribution < 1.29 is 19.1 Å². The molecular weight excluding hydrogens is 268 g/mol. The molecule has 0 aliphatic rings. The highest BCUT2D eigenvalue weighted by molar-refractivity contribution is 8.00. The van der Waals surface area contributed by atoms with Gasteiger partial charge in [-0.3, -0.25) is 14.9 Å². The van der Waals surface area contributed by atoms with Crippen molar-refractivity contribution in [3.8, 4) is 0 Å². The fraction of sp³-hybridized carbons (Fsp3) is 0.250. The molecule has 0 unspecified atom stereocenters. The van der Waals surface area contributed by atoms with Gasteiger partial charge in [0, 0.05) is 4.90 Å². The standard InChI is InChI=1S/C12H14N2O4S/c1-8(19-9-5-3-2-4-6-9)11(16)18-7-10(15)14-12(13)17/h2-6,8H,7H2,1H3,(H3,13,14,15,17)/t8-/m1/s1. The minimum Gasteiger partial charge on any atom is -0.455 e. The van der Waals surface area contributed by atoms with E-state index in [-0.39, 0.29) is 0 Å². The fourth-order valence-electron chi connectivity index (χ4n) is 1.18. The summed E-state index contributed by atoms with van der Waals surface area (Å²) in [6, 6.07) is 8.36. The number of thioether (sulfide) groups is 1. The summed E-state index contributed by atoms with van der Waals surface area (Å²) in [5, 5.41) is 1.35. The van der Waals surface area contributed by atoms with Crippen LogP contribution in [0.15, 0.2) is 35.2 Å². The summed E-state index contributed by atoms with van der Waals surface area (Å²) < 4.78 is 4.76. The van der Waals surface area contributed by atoms with E-state index in [1.165, 1.54) is 11.8 Å². The molecule has 1 aromatic rings. The van der Waals surface area contributed by atoms with Crippen molar-refractivity contribution >= 4 is 29.7 Å². The summed E-state index contributed by atoms with van der Waals surface area (Å²) >= 11 is 1.32. The van der Waals surface area contributed by atoms with Gasteiger partial charge < -0.3 is 10.5 Å². The predicted octanol–water partition coefficient (Wildman–Crippen LogP) is 0.905. The molecule has 3 amide bonds. The van der Waals surface area contributed by atoms with E-state index in [1.807, 2.05) is 30.3 Å². The number of amides is 3.